The number of benzene rings is 2. The van der Waals surface area contributed by atoms with Gasteiger partial charge in [0.15, 0.2) is 0 Å². The molecule has 0 atom stereocenters. The molecule has 11 heteroatoms. The third-order valence-electron chi connectivity index (χ3n) is 3.66. The van der Waals surface area contributed by atoms with E-state index in [-0.39, 0.29) is 27.3 Å². The first-order valence-corrected chi connectivity index (χ1v) is 9.86. The van der Waals surface area contributed by atoms with E-state index in [0.29, 0.717) is 6.07 Å². The average Bonchev–Trinajstić information content (AvgIpc) is 2.95. The zero-order valence-electron chi connectivity index (χ0n) is 14.1. The van der Waals surface area contributed by atoms with E-state index < -0.39 is 32.5 Å². The number of nitrogens with one attached hydrogen (secondary N) is 1. The standard InChI is InChI=1S/C17H11Cl2F2N3O3S/c1-9-22-15(8-24(9)12-6-10(20)5-11(21)7-12)17(25)23-28(26,27)16-13(18)3-2-4-14(16)19/h2-8H,1H3,(H,23,25). The highest BCUT2D eigenvalue weighted by molar-refractivity contribution is 7.90. The molecule has 6 nitrogen and oxygen atoms in total. The van der Waals surface area contributed by atoms with Gasteiger partial charge in [0.05, 0.1) is 15.7 Å². The molecule has 0 aliphatic rings. The average molecular weight is 446 g/mol. The van der Waals surface area contributed by atoms with Gasteiger partial charge in [-0.25, -0.2) is 26.9 Å². The summed E-state index contributed by atoms with van der Waals surface area (Å²) in [4.78, 5) is 15.9. The number of carbonyl (C=O) groups is 1. The van der Waals surface area contributed by atoms with E-state index in [1.54, 1.807) is 0 Å². The van der Waals surface area contributed by atoms with Crippen LogP contribution in [0.4, 0.5) is 8.78 Å². The molecule has 3 aromatic rings. The molecule has 1 N–H and O–H groups in total. The molecule has 0 aliphatic heterocycles. The molecule has 0 bridgehead atoms. The molecule has 1 aromatic heterocycles. The fraction of sp³-hybridized carbons (Fsp3) is 0.0588. The lowest BCUT2D eigenvalue weighted by atomic mass is 10.3. The lowest BCUT2D eigenvalue weighted by Crippen LogP contribution is -2.31. The van der Waals surface area contributed by atoms with Crippen molar-refractivity contribution in [3.05, 3.63) is 75.8 Å². The lowest BCUT2D eigenvalue weighted by Gasteiger charge is -2.09. The van der Waals surface area contributed by atoms with Crippen LogP contribution in [-0.4, -0.2) is 23.9 Å². The topological polar surface area (TPSA) is 81.1 Å². The smallest absolute Gasteiger partial charge is 0.285 e. The Morgan fingerprint density at radius 1 is 1.11 bits per heavy atom. The van der Waals surface area contributed by atoms with Gasteiger partial charge in [-0.05, 0) is 31.2 Å². The van der Waals surface area contributed by atoms with E-state index in [4.69, 9.17) is 23.2 Å². The van der Waals surface area contributed by atoms with Crippen molar-refractivity contribution >= 4 is 39.1 Å². The Hall–Kier alpha value is -2.49. The molecule has 0 fully saturated rings. The molecule has 0 saturated carbocycles. The minimum Gasteiger partial charge on any atom is -0.303 e. The van der Waals surface area contributed by atoms with Crippen molar-refractivity contribution in [2.75, 3.05) is 0 Å². The first-order valence-electron chi connectivity index (χ1n) is 7.62. The van der Waals surface area contributed by atoms with Gasteiger partial charge in [0.1, 0.15) is 28.0 Å². The van der Waals surface area contributed by atoms with E-state index in [1.807, 2.05) is 4.72 Å². The van der Waals surface area contributed by atoms with E-state index in [1.165, 1.54) is 29.7 Å². The van der Waals surface area contributed by atoms with E-state index >= 15 is 0 Å². The largest absolute Gasteiger partial charge is 0.303 e. The van der Waals surface area contributed by atoms with Gasteiger partial charge in [0, 0.05) is 12.3 Å². The van der Waals surface area contributed by atoms with Gasteiger partial charge in [-0.2, -0.15) is 0 Å². The van der Waals surface area contributed by atoms with Crippen LogP contribution in [0.2, 0.25) is 10.0 Å². The second-order valence-corrected chi connectivity index (χ2v) is 8.09. The highest BCUT2D eigenvalue weighted by Gasteiger charge is 2.26. The highest BCUT2D eigenvalue weighted by Crippen LogP contribution is 2.28. The van der Waals surface area contributed by atoms with Gasteiger partial charge in [-0.1, -0.05) is 29.3 Å². The number of sulfonamides is 1. The number of nitrogens with zero attached hydrogens (tertiary/aromatic N) is 2. The predicted molar refractivity (Wildman–Crippen MR) is 99.3 cm³/mol. The quantitative estimate of drug-likeness (QED) is 0.660. The van der Waals surface area contributed by atoms with Gasteiger partial charge in [0.25, 0.3) is 15.9 Å². The van der Waals surface area contributed by atoms with Crippen LogP contribution in [0.25, 0.3) is 5.69 Å². The van der Waals surface area contributed by atoms with Crippen LogP contribution in [0.1, 0.15) is 16.3 Å². The number of carbonyl (C=O) groups excluding carboxylic acids is 1. The number of hydrogen-bond donors (Lipinski definition) is 1. The minimum atomic E-state index is -4.38. The maximum Gasteiger partial charge on any atom is 0.285 e. The molecule has 146 valence electrons. The van der Waals surface area contributed by atoms with Crippen LogP contribution < -0.4 is 4.72 Å². The van der Waals surface area contributed by atoms with Crippen molar-refractivity contribution < 1.29 is 22.0 Å². The lowest BCUT2D eigenvalue weighted by molar-refractivity contribution is 0.0977. The third kappa shape index (κ3) is 4.01. The van der Waals surface area contributed by atoms with Gasteiger partial charge in [0.2, 0.25) is 0 Å². The Labute approximate surface area is 168 Å². The molecule has 2 aromatic carbocycles. The van der Waals surface area contributed by atoms with E-state index in [2.05, 4.69) is 4.98 Å². The number of rotatable bonds is 4. The van der Waals surface area contributed by atoms with Gasteiger partial charge >= 0.3 is 0 Å². The van der Waals surface area contributed by atoms with Crippen LogP contribution >= 0.6 is 23.2 Å². The molecular formula is C17H11Cl2F2N3O3S. The van der Waals surface area contributed by atoms with Crippen molar-refractivity contribution in [2.24, 2.45) is 0 Å². The zero-order chi connectivity index (χ0) is 20.6. The molecule has 1 heterocycles. The summed E-state index contributed by atoms with van der Waals surface area (Å²) < 4.78 is 54.9. The number of aryl methyl sites for hydroxylation is 1. The second kappa shape index (κ2) is 7.50. The number of hydrogen-bond acceptors (Lipinski definition) is 4. The fourth-order valence-electron chi connectivity index (χ4n) is 2.49. The zero-order valence-corrected chi connectivity index (χ0v) is 16.4. The van der Waals surface area contributed by atoms with Crippen molar-refractivity contribution in [3.63, 3.8) is 0 Å². The molecule has 0 saturated heterocycles. The molecule has 28 heavy (non-hydrogen) atoms. The number of aromatic nitrogens is 2. The van der Waals surface area contributed by atoms with Gasteiger partial charge in [-0.15, -0.1) is 0 Å². The van der Waals surface area contributed by atoms with Crippen molar-refractivity contribution in [2.45, 2.75) is 11.8 Å². The first-order chi connectivity index (χ1) is 13.1. The first kappa shape index (κ1) is 20.2. The summed E-state index contributed by atoms with van der Waals surface area (Å²) in [6.07, 6.45) is 1.16. The number of amides is 1. The molecule has 0 spiro atoms. The van der Waals surface area contributed by atoms with Crippen LogP contribution in [0, 0.1) is 18.6 Å². The monoisotopic (exact) mass is 445 g/mol. The Morgan fingerprint density at radius 2 is 1.68 bits per heavy atom. The minimum absolute atomic E-state index is 0.0820. The number of imidazole rings is 1. The Balaban J connectivity index is 1.94. The van der Waals surface area contributed by atoms with E-state index in [9.17, 15) is 22.0 Å². The summed E-state index contributed by atoms with van der Waals surface area (Å²) in [6, 6.07) is 6.85. The maximum absolute atomic E-state index is 13.4. The summed E-state index contributed by atoms with van der Waals surface area (Å²) >= 11 is 11.8. The normalized spacial score (nSPS) is 11.5. The summed E-state index contributed by atoms with van der Waals surface area (Å²) in [5.41, 5.74) is -0.201. The summed E-state index contributed by atoms with van der Waals surface area (Å²) in [5, 5.41) is -0.325. The SMILES string of the molecule is Cc1nc(C(=O)NS(=O)(=O)c2c(Cl)cccc2Cl)cn1-c1cc(F)cc(F)c1. The second-order valence-electron chi connectivity index (χ2n) is 5.66. The molecule has 0 aliphatic carbocycles. The molecular weight excluding hydrogens is 435 g/mol. The van der Waals surface area contributed by atoms with Gasteiger partial charge in [-0.3, -0.25) is 4.79 Å². The van der Waals surface area contributed by atoms with Crippen molar-refractivity contribution in [1.82, 2.24) is 14.3 Å². The molecule has 3 rings (SSSR count). The molecule has 0 unspecified atom stereocenters. The highest BCUT2D eigenvalue weighted by atomic mass is 35.5. The third-order valence-corrected chi connectivity index (χ3v) is 5.94. The van der Waals surface area contributed by atoms with Crippen LogP contribution in [0.15, 0.2) is 47.5 Å². The summed E-state index contributed by atoms with van der Waals surface area (Å²) in [7, 11) is -4.38. The maximum atomic E-state index is 13.4. The summed E-state index contributed by atoms with van der Waals surface area (Å²) in [6.45, 7) is 1.49. The van der Waals surface area contributed by atoms with Crippen LogP contribution in [0.5, 0.6) is 0 Å². The fourth-order valence-corrected chi connectivity index (χ4v) is 4.59. The van der Waals surface area contributed by atoms with Crippen LogP contribution in [0.3, 0.4) is 0 Å². The molecule has 1 amide bonds. The van der Waals surface area contributed by atoms with Crippen molar-refractivity contribution in [3.8, 4) is 5.69 Å². The molecule has 0 radical (unpaired) electrons. The van der Waals surface area contributed by atoms with Gasteiger partial charge < -0.3 is 4.57 Å². The Kier molecular flexibility index (Phi) is 5.42. The Bertz CT molecular complexity index is 1160. The van der Waals surface area contributed by atoms with E-state index in [0.717, 1.165) is 18.3 Å². The summed E-state index contributed by atoms with van der Waals surface area (Å²) in [5.74, 6) is -2.48. The predicted octanol–water partition coefficient (Wildman–Crippen LogP) is 3.88. The van der Waals surface area contributed by atoms with Crippen LogP contribution in [-0.2, 0) is 10.0 Å². The van der Waals surface area contributed by atoms with Crippen molar-refractivity contribution in [1.29, 1.82) is 0 Å². The Morgan fingerprint density at radius 3 is 2.25 bits per heavy atom. The number of halogens is 4.